The molecule has 5 heterocycles. The van der Waals surface area contributed by atoms with Crippen molar-refractivity contribution >= 4 is 43.2 Å². The number of fused-ring (bicyclic) bond motifs is 5. The summed E-state index contributed by atoms with van der Waals surface area (Å²) < 4.78 is 3.66. The molecule has 0 aliphatic rings. The molecule has 10 rings (SSSR count). The minimum absolute atomic E-state index is 0.593. The van der Waals surface area contributed by atoms with Gasteiger partial charge in [-0.1, -0.05) is 84.9 Å². The highest BCUT2D eigenvalue weighted by Gasteiger charge is 2.22. The Morgan fingerprint density at radius 3 is 1.56 bits per heavy atom. The van der Waals surface area contributed by atoms with Crippen LogP contribution in [0.3, 0.4) is 0 Å². The zero-order chi connectivity index (χ0) is 34.4. The van der Waals surface area contributed by atoms with Crippen molar-refractivity contribution in [2.75, 3.05) is 0 Å². The van der Waals surface area contributed by atoms with Crippen LogP contribution in [0, 0.1) is 0 Å². The van der Waals surface area contributed by atoms with E-state index in [9.17, 15) is 0 Å². The Balaban J connectivity index is 1.15. The van der Waals surface area contributed by atoms with Crippen LogP contribution >= 0.6 is 11.3 Å². The second-order valence-electron chi connectivity index (χ2n) is 12.6. The first kappa shape index (κ1) is 30.0. The summed E-state index contributed by atoms with van der Waals surface area (Å²) in [7, 11) is 0. The number of hydrogen-bond acceptors (Lipinski definition) is 6. The fraction of sp³-hybridized carbons (Fsp3) is 0. The second-order valence-corrected chi connectivity index (χ2v) is 13.6. The van der Waals surface area contributed by atoms with Crippen molar-refractivity contribution in [1.29, 1.82) is 0 Å². The SMILES string of the molecule is c1ccc(-c2sc3c(ccc4c3c3ccccc3n4-c3ccc(-c4nc(-c5ccncc5)nc(-c5ccncc5)n4)cc3)c2-c2ccccc2)cc1. The van der Waals surface area contributed by atoms with Crippen molar-refractivity contribution in [3.63, 3.8) is 0 Å². The van der Waals surface area contributed by atoms with E-state index in [-0.39, 0.29) is 0 Å². The summed E-state index contributed by atoms with van der Waals surface area (Å²) in [5.41, 5.74) is 9.79. The van der Waals surface area contributed by atoms with Crippen molar-refractivity contribution in [1.82, 2.24) is 29.5 Å². The minimum atomic E-state index is 0.593. The number of pyridine rings is 2. The van der Waals surface area contributed by atoms with Gasteiger partial charge in [0.05, 0.1) is 11.0 Å². The molecule has 0 radical (unpaired) electrons. The summed E-state index contributed by atoms with van der Waals surface area (Å²) >= 11 is 1.88. The molecule has 0 N–H and O–H groups in total. The maximum atomic E-state index is 4.92. The van der Waals surface area contributed by atoms with E-state index in [1.54, 1.807) is 24.8 Å². The Kier molecular flexibility index (Phi) is 7.22. The molecular weight excluding hydrogens is 657 g/mol. The lowest BCUT2D eigenvalue weighted by Gasteiger charge is -2.11. The molecule has 0 fully saturated rings. The first-order chi connectivity index (χ1) is 25.8. The van der Waals surface area contributed by atoms with Crippen molar-refractivity contribution in [2.45, 2.75) is 0 Å². The maximum absolute atomic E-state index is 4.92. The van der Waals surface area contributed by atoms with Crippen molar-refractivity contribution in [3.05, 3.63) is 170 Å². The zero-order valence-electron chi connectivity index (χ0n) is 27.8. The summed E-state index contributed by atoms with van der Waals surface area (Å²) in [6, 6.07) is 51.0. The van der Waals surface area contributed by atoms with Gasteiger partial charge in [0.1, 0.15) is 0 Å². The highest BCUT2D eigenvalue weighted by atomic mass is 32.1. The van der Waals surface area contributed by atoms with Gasteiger partial charge in [-0.3, -0.25) is 9.97 Å². The monoisotopic (exact) mass is 684 g/mol. The standard InChI is InChI=1S/C45H28N6S/c1-3-9-29(10-4-1)39-36-19-20-38-40(42(36)52-41(39)30-11-5-2-6-12-30)35-13-7-8-14-37(35)51(38)34-17-15-31(16-18-34)43-48-44(32-21-25-46-26-22-32)50-45(49-43)33-23-27-47-28-24-33/h1-28H. The third-order valence-corrected chi connectivity index (χ3v) is 10.8. The molecule has 6 nitrogen and oxygen atoms in total. The Morgan fingerprint density at radius 2 is 0.942 bits per heavy atom. The Labute approximate surface area is 303 Å². The van der Waals surface area contributed by atoms with E-state index in [0.29, 0.717) is 17.5 Å². The van der Waals surface area contributed by atoms with Crippen LogP contribution in [-0.2, 0) is 0 Å². The fourth-order valence-electron chi connectivity index (χ4n) is 7.09. The summed E-state index contributed by atoms with van der Waals surface area (Å²) in [6.45, 7) is 0. The van der Waals surface area contributed by atoms with Gasteiger partial charge in [0.25, 0.3) is 0 Å². The Bertz CT molecular complexity index is 2810. The van der Waals surface area contributed by atoms with Gasteiger partial charge in [0.15, 0.2) is 17.5 Å². The molecular formula is C45H28N6S. The summed E-state index contributed by atoms with van der Waals surface area (Å²) in [4.78, 5) is 24.3. The first-order valence-corrected chi connectivity index (χ1v) is 17.9. The smallest absolute Gasteiger partial charge is 0.164 e. The predicted octanol–water partition coefficient (Wildman–Crippen LogP) is 11.3. The average Bonchev–Trinajstić information content (AvgIpc) is 3.78. The molecule has 0 atom stereocenters. The molecule has 0 aliphatic carbocycles. The lowest BCUT2D eigenvalue weighted by atomic mass is 9.98. The van der Waals surface area contributed by atoms with Gasteiger partial charge in [-0.2, -0.15) is 0 Å². The van der Waals surface area contributed by atoms with Gasteiger partial charge in [-0.05, 0) is 71.8 Å². The van der Waals surface area contributed by atoms with Gasteiger partial charge in [-0.15, -0.1) is 11.3 Å². The number of thiophene rings is 1. The van der Waals surface area contributed by atoms with Crippen LogP contribution in [0.4, 0.5) is 0 Å². The van der Waals surface area contributed by atoms with Crippen molar-refractivity contribution in [2.24, 2.45) is 0 Å². The molecule has 5 aromatic carbocycles. The summed E-state index contributed by atoms with van der Waals surface area (Å²) in [5, 5.41) is 3.77. The number of benzene rings is 5. The molecule has 0 aliphatic heterocycles. The largest absolute Gasteiger partial charge is 0.309 e. The molecule has 0 amide bonds. The van der Waals surface area contributed by atoms with Crippen molar-refractivity contribution < 1.29 is 0 Å². The zero-order valence-corrected chi connectivity index (χ0v) is 28.6. The topological polar surface area (TPSA) is 69.4 Å². The third kappa shape index (κ3) is 5.06. The number of nitrogens with zero attached hydrogens (tertiary/aromatic N) is 6. The van der Waals surface area contributed by atoms with E-state index in [1.807, 2.05) is 35.6 Å². The molecule has 244 valence electrons. The second kappa shape index (κ2) is 12.5. The normalized spacial score (nSPS) is 11.5. The van der Waals surface area contributed by atoms with E-state index in [2.05, 4.69) is 136 Å². The third-order valence-electron chi connectivity index (χ3n) is 9.49. The van der Waals surface area contributed by atoms with Crippen LogP contribution in [0.5, 0.6) is 0 Å². The Morgan fingerprint density at radius 1 is 0.404 bits per heavy atom. The highest BCUT2D eigenvalue weighted by molar-refractivity contribution is 7.24. The van der Waals surface area contributed by atoms with Crippen LogP contribution in [0.1, 0.15) is 0 Å². The number of rotatable bonds is 6. The quantitative estimate of drug-likeness (QED) is 0.174. The molecule has 10 aromatic rings. The lowest BCUT2D eigenvalue weighted by molar-refractivity contribution is 1.07. The van der Waals surface area contributed by atoms with E-state index in [0.717, 1.165) is 27.9 Å². The van der Waals surface area contributed by atoms with Crippen molar-refractivity contribution in [3.8, 4) is 61.4 Å². The molecule has 7 heteroatoms. The van der Waals surface area contributed by atoms with Crippen LogP contribution in [0.15, 0.2) is 170 Å². The maximum Gasteiger partial charge on any atom is 0.164 e. The first-order valence-electron chi connectivity index (χ1n) is 17.1. The number of para-hydroxylation sites is 1. The lowest BCUT2D eigenvalue weighted by Crippen LogP contribution is -2.00. The molecule has 0 saturated heterocycles. The van der Waals surface area contributed by atoms with Gasteiger partial charge < -0.3 is 4.57 Å². The average molecular weight is 685 g/mol. The summed E-state index contributed by atoms with van der Waals surface area (Å²) in [6.07, 6.45) is 7.00. The molecule has 0 saturated carbocycles. The minimum Gasteiger partial charge on any atom is -0.309 e. The summed E-state index contributed by atoms with van der Waals surface area (Å²) in [5.74, 6) is 1.79. The Hall–Kier alpha value is -6.83. The molecule has 0 unspecified atom stereocenters. The van der Waals surface area contributed by atoms with E-state index < -0.39 is 0 Å². The van der Waals surface area contributed by atoms with E-state index >= 15 is 0 Å². The molecule has 5 aromatic heterocycles. The fourth-order valence-corrected chi connectivity index (χ4v) is 8.48. The molecule has 0 spiro atoms. The van der Waals surface area contributed by atoms with Gasteiger partial charge in [0, 0.05) is 78.5 Å². The van der Waals surface area contributed by atoms with Crippen LogP contribution in [0.25, 0.3) is 93.3 Å². The van der Waals surface area contributed by atoms with Crippen LogP contribution in [-0.4, -0.2) is 29.5 Å². The van der Waals surface area contributed by atoms with Gasteiger partial charge in [-0.25, -0.2) is 15.0 Å². The molecule has 0 bridgehead atoms. The van der Waals surface area contributed by atoms with E-state index in [1.165, 1.54) is 47.9 Å². The highest BCUT2D eigenvalue weighted by Crippen LogP contribution is 2.49. The number of aromatic nitrogens is 6. The van der Waals surface area contributed by atoms with Crippen LogP contribution in [0.2, 0.25) is 0 Å². The van der Waals surface area contributed by atoms with Crippen LogP contribution < -0.4 is 0 Å². The van der Waals surface area contributed by atoms with Gasteiger partial charge in [0.2, 0.25) is 0 Å². The molecule has 52 heavy (non-hydrogen) atoms. The number of hydrogen-bond donors (Lipinski definition) is 0. The predicted molar refractivity (Wildman–Crippen MR) is 212 cm³/mol. The van der Waals surface area contributed by atoms with E-state index in [4.69, 9.17) is 15.0 Å². The van der Waals surface area contributed by atoms with Gasteiger partial charge >= 0.3 is 0 Å².